The molecule has 1 aliphatic carbocycles. The summed E-state index contributed by atoms with van der Waals surface area (Å²) in [6.07, 6.45) is 5.85. The second-order valence-corrected chi connectivity index (χ2v) is 4.88. The van der Waals surface area contributed by atoms with Crippen molar-refractivity contribution in [2.24, 2.45) is 9.98 Å². The lowest BCUT2D eigenvalue weighted by Gasteiger charge is -2.24. The van der Waals surface area contributed by atoms with Crippen LogP contribution in [0.5, 0.6) is 0 Å². The van der Waals surface area contributed by atoms with Crippen LogP contribution in [0.3, 0.4) is 0 Å². The second kappa shape index (κ2) is 5.29. The highest BCUT2D eigenvalue weighted by Crippen LogP contribution is 2.43. The van der Waals surface area contributed by atoms with Crippen LogP contribution in [0.2, 0.25) is 0 Å². The number of carbonyl (C=O) groups excluding carboxylic acids is 2. The lowest BCUT2D eigenvalue weighted by atomic mass is 9.82. The Morgan fingerprint density at radius 2 is 1.90 bits per heavy atom. The summed E-state index contributed by atoms with van der Waals surface area (Å²) >= 11 is 0. The molecule has 0 spiro atoms. The summed E-state index contributed by atoms with van der Waals surface area (Å²) in [7, 11) is 0. The Morgan fingerprint density at radius 1 is 1.10 bits per heavy atom. The fourth-order valence-corrected chi connectivity index (χ4v) is 3.01. The summed E-state index contributed by atoms with van der Waals surface area (Å²) in [5.41, 5.74) is 3.11. The van der Waals surface area contributed by atoms with Gasteiger partial charge in [-0.05, 0) is 34.9 Å². The maximum Gasteiger partial charge on any atom is 0.240 e. The molecular weight excluding hydrogens is 264 g/mol. The van der Waals surface area contributed by atoms with Gasteiger partial charge in [-0.1, -0.05) is 31.2 Å². The molecule has 1 atom stereocenters. The molecule has 0 saturated carbocycles. The van der Waals surface area contributed by atoms with E-state index in [-0.39, 0.29) is 5.92 Å². The van der Waals surface area contributed by atoms with Crippen LogP contribution in [-0.2, 0) is 9.59 Å². The van der Waals surface area contributed by atoms with Crippen molar-refractivity contribution in [3.05, 3.63) is 47.2 Å². The SMILES string of the molecule is CCC1C(N=C=O)=Cc2c(N=C=O)ccc3cccc1c23. The Bertz CT molecular complexity index is 854. The maximum absolute atomic E-state index is 10.7. The summed E-state index contributed by atoms with van der Waals surface area (Å²) < 4.78 is 0. The van der Waals surface area contributed by atoms with E-state index in [1.54, 1.807) is 18.2 Å². The van der Waals surface area contributed by atoms with Crippen molar-refractivity contribution in [2.75, 3.05) is 0 Å². The zero-order valence-corrected chi connectivity index (χ0v) is 11.5. The average Bonchev–Trinajstić information content (AvgIpc) is 2.50. The van der Waals surface area contributed by atoms with Crippen molar-refractivity contribution in [1.29, 1.82) is 0 Å². The minimum Gasteiger partial charge on any atom is -0.211 e. The molecule has 0 amide bonds. The second-order valence-electron chi connectivity index (χ2n) is 4.88. The summed E-state index contributed by atoms with van der Waals surface area (Å²) in [6, 6.07) is 9.75. The highest BCUT2D eigenvalue weighted by atomic mass is 16.1. The van der Waals surface area contributed by atoms with Crippen molar-refractivity contribution in [3.63, 3.8) is 0 Å². The van der Waals surface area contributed by atoms with Crippen LogP contribution in [0.15, 0.2) is 46.0 Å². The first-order valence-corrected chi connectivity index (χ1v) is 6.73. The highest BCUT2D eigenvalue weighted by molar-refractivity contribution is 6.00. The Morgan fingerprint density at radius 3 is 2.62 bits per heavy atom. The lowest BCUT2D eigenvalue weighted by molar-refractivity contribution is 0.563. The third-order valence-corrected chi connectivity index (χ3v) is 3.87. The van der Waals surface area contributed by atoms with Gasteiger partial charge in [-0.25, -0.2) is 9.59 Å². The molecule has 1 unspecified atom stereocenters. The van der Waals surface area contributed by atoms with Gasteiger partial charge in [-0.2, -0.15) is 9.98 Å². The van der Waals surface area contributed by atoms with Gasteiger partial charge in [0.25, 0.3) is 0 Å². The monoisotopic (exact) mass is 276 g/mol. The molecule has 2 aromatic rings. The van der Waals surface area contributed by atoms with E-state index in [4.69, 9.17) is 0 Å². The predicted molar refractivity (Wildman–Crippen MR) is 80.9 cm³/mol. The lowest BCUT2D eigenvalue weighted by Crippen LogP contribution is -2.06. The third kappa shape index (κ3) is 2.03. The van der Waals surface area contributed by atoms with Gasteiger partial charge in [-0.3, -0.25) is 0 Å². The fraction of sp³-hybridized carbons (Fsp3) is 0.176. The smallest absolute Gasteiger partial charge is 0.211 e. The van der Waals surface area contributed by atoms with Gasteiger partial charge in [0.2, 0.25) is 12.2 Å². The molecule has 0 fully saturated rings. The number of aliphatic imine (C=N–C) groups is 2. The fourth-order valence-electron chi connectivity index (χ4n) is 3.01. The molecule has 2 aromatic carbocycles. The molecule has 0 heterocycles. The zero-order chi connectivity index (χ0) is 14.8. The van der Waals surface area contributed by atoms with Crippen LogP contribution in [0.4, 0.5) is 5.69 Å². The maximum atomic E-state index is 10.7. The van der Waals surface area contributed by atoms with Crippen LogP contribution in [0.1, 0.15) is 30.4 Å². The molecule has 0 saturated heterocycles. The van der Waals surface area contributed by atoms with Crippen molar-refractivity contribution >= 4 is 34.7 Å². The molecule has 0 N–H and O–H groups in total. The Balaban J connectivity index is 2.44. The molecule has 21 heavy (non-hydrogen) atoms. The Hall–Kier alpha value is -2.80. The van der Waals surface area contributed by atoms with E-state index in [0.29, 0.717) is 11.4 Å². The predicted octanol–water partition coefficient (Wildman–Crippen LogP) is 3.99. The van der Waals surface area contributed by atoms with Gasteiger partial charge in [0.05, 0.1) is 11.4 Å². The number of benzene rings is 2. The minimum absolute atomic E-state index is 0.0538. The number of rotatable bonds is 3. The zero-order valence-electron chi connectivity index (χ0n) is 11.5. The standard InChI is InChI=1S/C17H12N2O2/c1-2-12-13-5-3-4-11-6-7-15(18-9-20)14(17(11)13)8-16(12)19-10-21/h3-8,12H,2H2,1H3. The normalized spacial score (nSPS) is 15.9. The van der Waals surface area contributed by atoms with Crippen molar-refractivity contribution in [2.45, 2.75) is 19.3 Å². The average molecular weight is 276 g/mol. The van der Waals surface area contributed by atoms with Crippen LogP contribution < -0.4 is 0 Å². The molecule has 3 rings (SSSR count). The van der Waals surface area contributed by atoms with E-state index >= 15 is 0 Å². The van der Waals surface area contributed by atoms with Crippen molar-refractivity contribution < 1.29 is 9.59 Å². The molecular formula is C17H12N2O2. The number of nitrogens with zero attached hydrogens (tertiary/aromatic N) is 2. The summed E-state index contributed by atoms with van der Waals surface area (Å²) in [5, 5.41) is 2.14. The summed E-state index contributed by atoms with van der Waals surface area (Å²) in [5.74, 6) is 0.0538. The first kappa shape index (κ1) is 13.2. The van der Waals surface area contributed by atoms with Gasteiger partial charge in [-0.15, -0.1) is 0 Å². The minimum atomic E-state index is 0.0538. The molecule has 0 aliphatic heterocycles. The molecule has 1 aliphatic rings. The van der Waals surface area contributed by atoms with E-state index in [1.165, 1.54) is 0 Å². The van der Waals surface area contributed by atoms with E-state index in [2.05, 4.69) is 16.9 Å². The summed E-state index contributed by atoms with van der Waals surface area (Å²) in [6.45, 7) is 2.05. The van der Waals surface area contributed by atoms with Crippen LogP contribution in [0, 0.1) is 0 Å². The molecule has 4 nitrogen and oxygen atoms in total. The van der Waals surface area contributed by atoms with Gasteiger partial charge >= 0.3 is 0 Å². The third-order valence-electron chi connectivity index (χ3n) is 3.87. The van der Waals surface area contributed by atoms with Gasteiger partial charge in [0.1, 0.15) is 0 Å². The topological polar surface area (TPSA) is 58.9 Å². The van der Waals surface area contributed by atoms with Crippen LogP contribution in [-0.4, -0.2) is 12.2 Å². The molecule has 0 bridgehead atoms. The quantitative estimate of drug-likeness (QED) is 0.628. The number of isocyanates is 2. The largest absolute Gasteiger partial charge is 0.240 e. The van der Waals surface area contributed by atoms with E-state index < -0.39 is 0 Å². The first-order chi connectivity index (χ1) is 10.3. The Kier molecular flexibility index (Phi) is 3.33. The first-order valence-electron chi connectivity index (χ1n) is 6.73. The van der Waals surface area contributed by atoms with E-state index in [9.17, 15) is 9.59 Å². The molecule has 4 heteroatoms. The molecule has 102 valence electrons. The van der Waals surface area contributed by atoms with Crippen molar-refractivity contribution in [3.8, 4) is 0 Å². The number of allylic oxidation sites excluding steroid dienone is 1. The molecule has 0 aromatic heterocycles. The van der Waals surface area contributed by atoms with Gasteiger partial charge in [0.15, 0.2) is 0 Å². The van der Waals surface area contributed by atoms with Crippen LogP contribution in [0.25, 0.3) is 16.8 Å². The van der Waals surface area contributed by atoms with Gasteiger partial charge in [0, 0.05) is 11.5 Å². The molecule has 0 radical (unpaired) electrons. The number of hydrogen-bond donors (Lipinski definition) is 0. The summed E-state index contributed by atoms with van der Waals surface area (Å²) in [4.78, 5) is 28.9. The van der Waals surface area contributed by atoms with Crippen LogP contribution >= 0.6 is 0 Å². The Labute approximate surface area is 121 Å². The van der Waals surface area contributed by atoms with Gasteiger partial charge < -0.3 is 0 Å². The van der Waals surface area contributed by atoms with E-state index in [1.807, 2.05) is 30.3 Å². The van der Waals surface area contributed by atoms with E-state index in [0.717, 1.165) is 28.3 Å². The highest BCUT2D eigenvalue weighted by Gasteiger charge is 2.24. The van der Waals surface area contributed by atoms with Crippen molar-refractivity contribution in [1.82, 2.24) is 0 Å². The number of hydrogen-bond acceptors (Lipinski definition) is 4.